The molecule has 1 atom stereocenters. The molecule has 1 aromatic rings. The minimum atomic E-state index is -0.133. The summed E-state index contributed by atoms with van der Waals surface area (Å²) in [6.07, 6.45) is 2.18. The molecule has 0 aliphatic rings. The van der Waals surface area contributed by atoms with Crippen molar-refractivity contribution in [2.45, 2.75) is 39.7 Å². The van der Waals surface area contributed by atoms with Gasteiger partial charge in [-0.3, -0.25) is 0 Å². The van der Waals surface area contributed by atoms with Crippen LogP contribution in [0.1, 0.15) is 45.2 Å². The van der Waals surface area contributed by atoms with Gasteiger partial charge in [-0.05, 0) is 37.6 Å². The van der Waals surface area contributed by atoms with E-state index in [1.54, 1.807) is 0 Å². The first-order valence-corrected chi connectivity index (χ1v) is 7.42. The molecular weight excluding hydrogens is 250 g/mol. The molecule has 1 unspecified atom stereocenters. The van der Waals surface area contributed by atoms with Gasteiger partial charge in [-0.15, -0.1) is 0 Å². The van der Waals surface area contributed by atoms with E-state index in [4.69, 9.17) is 0 Å². The summed E-state index contributed by atoms with van der Waals surface area (Å²) >= 11 is 0. The molecule has 0 spiro atoms. The van der Waals surface area contributed by atoms with Crippen LogP contribution in [-0.4, -0.2) is 19.6 Å². The van der Waals surface area contributed by atoms with E-state index in [2.05, 4.69) is 42.8 Å². The second-order valence-corrected chi connectivity index (χ2v) is 5.15. The highest BCUT2D eigenvalue weighted by atomic mass is 16.2. The average molecular weight is 277 g/mol. The van der Waals surface area contributed by atoms with Gasteiger partial charge in [0.25, 0.3) is 0 Å². The molecule has 0 aliphatic carbocycles. The summed E-state index contributed by atoms with van der Waals surface area (Å²) in [5.41, 5.74) is 1.98. The molecule has 0 saturated carbocycles. The van der Waals surface area contributed by atoms with Crippen LogP contribution < -0.4 is 16.0 Å². The molecular formula is C16H27N3O. The minimum Gasteiger partial charge on any atom is -0.338 e. The Labute approximate surface area is 122 Å². The number of hydrogen-bond acceptors (Lipinski definition) is 2. The van der Waals surface area contributed by atoms with Crippen LogP contribution in [0.15, 0.2) is 24.3 Å². The zero-order chi connectivity index (χ0) is 15.0. The third kappa shape index (κ3) is 5.21. The van der Waals surface area contributed by atoms with E-state index in [1.807, 2.05) is 25.2 Å². The maximum Gasteiger partial charge on any atom is 0.319 e. The maximum atomic E-state index is 11.9. The second-order valence-electron chi connectivity index (χ2n) is 5.15. The Morgan fingerprint density at radius 2 is 1.95 bits per heavy atom. The molecule has 2 amide bonds. The fourth-order valence-corrected chi connectivity index (χ4v) is 2.04. The lowest BCUT2D eigenvalue weighted by Crippen LogP contribution is -2.32. The second kappa shape index (κ2) is 8.59. The molecule has 0 aliphatic heterocycles. The molecule has 4 heteroatoms. The van der Waals surface area contributed by atoms with Gasteiger partial charge < -0.3 is 16.0 Å². The van der Waals surface area contributed by atoms with Gasteiger partial charge in [0.1, 0.15) is 0 Å². The van der Waals surface area contributed by atoms with Crippen LogP contribution in [0, 0.1) is 5.92 Å². The predicted molar refractivity (Wildman–Crippen MR) is 85.0 cm³/mol. The van der Waals surface area contributed by atoms with Crippen LogP contribution in [0.2, 0.25) is 0 Å². The average Bonchev–Trinajstić information content (AvgIpc) is 2.47. The highest BCUT2D eigenvalue weighted by molar-refractivity contribution is 5.89. The lowest BCUT2D eigenvalue weighted by atomic mass is 10.0. The normalized spacial score (nSPS) is 12.2. The van der Waals surface area contributed by atoms with Gasteiger partial charge in [0.2, 0.25) is 0 Å². The summed E-state index contributed by atoms with van der Waals surface area (Å²) in [7, 11) is 1.92. The molecule has 0 bridgehead atoms. The van der Waals surface area contributed by atoms with E-state index < -0.39 is 0 Å². The fraction of sp³-hybridized carbons (Fsp3) is 0.562. The lowest BCUT2D eigenvalue weighted by Gasteiger charge is -2.15. The van der Waals surface area contributed by atoms with Crippen LogP contribution in [0.4, 0.5) is 10.5 Å². The highest BCUT2D eigenvalue weighted by Gasteiger charge is 2.08. The van der Waals surface area contributed by atoms with Crippen LogP contribution >= 0.6 is 0 Å². The molecule has 0 saturated heterocycles. The van der Waals surface area contributed by atoms with Crippen molar-refractivity contribution in [1.29, 1.82) is 0 Å². The van der Waals surface area contributed by atoms with Crippen molar-refractivity contribution in [3.8, 4) is 0 Å². The zero-order valence-electron chi connectivity index (χ0n) is 13.0. The largest absolute Gasteiger partial charge is 0.338 e. The summed E-state index contributed by atoms with van der Waals surface area (Å²) in [6, 6.07) is 8.05. The van der Waals surface area contributed by atoms with E-state index in [1.165, 1.54) is 0 Å². The molecule has 0 fully saturated rings. The summed E-state index contributed by atoms with van der Waals surface area (Å²) in [4.78, 5) is 11.9. The number of rotatable bonds is 7. The molecule has 0 aromatic heterocycles. The smallest absolute Gasteiger partial charge is 0.319 e. The Balaban J connectivity index is 2.53. The van der Waals surface area contributed by atoms with Crippen molar-refractivity contribution in [3.05, 3.63) is 29.8 Å². The first-order valence-electron chi connectivity index (χ1n) is 7.42. The highest BCUT2D eigenvalue weighted by Crippen LogP contribution is 2.16. The lowest BCUT2D eigenvalue weighted by molar-refractivity contribution is 0.249. The predicted octanol–water partition coefficient (Wildman–Crippen LogP) is 3.52. The Morgan fingerprint density at radius 1 is 1.25 bits per heavy atom. The SMILES string of the molecule is CCC(CC)CNC(=O)Nc1cccc(C(C)NC)c1. The van der Waals surface area contributed by atoms with Gasteiger partial charge in [-0.2, -0.15) is 0 Å². The van der Waals surface area contributed by atoms with Gasteiger partial charge in [-0.1, -0.05) is 38.8 Å². The topological polar surface area (TPSA) is 53.2 Å². The molecule has 112 valence electrons. The van der Waals surface area contributed by atoms with Crippen LogP contribution in [0.5, 0.6) is 0 Å². The summed E-state index contributed by atoms with van der Waals surface area (Å²) in [6.45, 7) is 7.12. The standard InChI is InChI=1S/C16H27N3O/c1-5-13(6-2)11-18-16(20)19-15-9-7-8-14(10-15)12(3)17-4/h7-10,12-13,17H,5-6,11H2,1-4H3,(H2,18,19,20). The third-order valence-corrected chi connectivity index (χ3v) is 3.78. The quantitative estimate of drug-likeness (QED) is 0.714. The monoisotopic (exact) mass is 277 g/mol. The molecule has 3 N–H and O–H groups in total. The van der Waals surface area contributed by atoms with Crippen molar-refractivity contribution in [2.75, 3.05) is 18.9 Å². The number of benzene rings is 1. The van der Waals surface area contributed by atoms with Gasteiger partial charge in [0.05, 0.1) is 0 Å². The first-order chi connectivity index (χ1) is 9.60. The number of hydrogen-bond donors (Lipinski definition) is 3. The number of carbonyl (C=O) groups is 1. The van der Waals surface area contributed by atoms with Crippen LogP contribution in [0.25, 0.3) is 0 Å². The number of urea groups is 1. The number of anilines is 1. The van der Waals surface area contributed by atoms with Gasteiger partial charge in [-0.25, -0.2) is 4.79 Å². The summed E-state index contributed by atoms with van der Waals surface area (Å²) in [5, 5.41) is 9.01. The van der Waals surface area contributed by atoms with E-state index in [-0.39, 0.29) is 12.1 Å². The van der Waals surface area contributed by atoms with E-state index >= 15 is 0 Å². The van der Waals surface area contributed by atoms with Crippen LogP contribution in [0.3, 0.4) is 0 Å². The first kappa shape index (κ1) is 16.5. The minimum absolute atomic E-state index is 0.133. The Kier molecular flexibility index (Phi) is 7.09. The Hall–Kier alpha value is -1.55. The third-order valence-electron chi connectivity index (χ3n) is 3.78. The van der Waals surface area contributed by atoms with Crippen molar-refractivity contribution >= 4 is 11.7 Å². The fourth-order valence-electron chi connectivity index (χ4n) is 2.04. The number of amides is 2. The molecule has 0 heterocycles. The Morgan fingerprint density at radius 3 is 2.55 bits per heavy atom. The van der Waals surface area contributed by atoms with Crippen molar-refractivity contribution in [3.63, 3.8) is 0 Å². The van der Waals surface area contributed by atoms with E-state index in [9.17, 15) is 4.79 Å². The molecule has 20 heavy (non-hydrogen) atoms. The van der Waals surface area contributed by atoms with Gasteiger partial charge in [0, 0.05) is 18.3 Å². The molecule has 1 aromatic carbocycles. The van der Waals surface area contributed by atoms with Gasteiger partial charge in [0.15, 0.2) is 0 Å². The van der Waals surface area contributed by atoms with Gasteiger partial charge >= 0.3 is 6.03 Å². The van der Waals surface area contributed by atoms with Crippen molar-refractivity contribution in [1.82, 2.24) is 10.6 Å². The molecule has 1 rings (SSSR count). The molecule has 4 nitrogen and oxygen atoms in total. The van der Waals surface area contributed by atoms with Crippen LogP contribution in [-0.2, 0) is 0 Å². The van der Waals surface area contributed by atoms with Crippen molar-refractivity contribution in [2.24, 2.45) is 5.92 Å². The zero-order valence-corrected chi connectivity index (χ0v) is 13.0. The molecule has 0 radical (unpaired) electrons. The summed E-state index contributed by atoms with van der Waals surface area (Å²) in [5.74, 6) is 0.552. The summed E-state index contributed by atoms with van der Waals surface area (Å²) < 4.78 is 0. The van der Waals surface area contributed by atoms with E-state index in [0.717, 1.165) is 30.6 Å². The number of nitrogens with one attached hydrogen (secondary N) is 3. The Bertz CT molecular complexity index is 416. The number of carbonyl (C=O) groups excluding carboxylic acids is 1. The van der Waals surface area contributed by atoms with Crippen molar-refractivity contribution < 1.29 is 4.79 Å². The maximum absolute atomic E-state index is 11.9. The van der Waals surface area contributed by atoms with E-state index in [0.29, 0.717) is 5.92 Å².